The molecule has 15 heavy (non-hydrogen) atoms. The summed E-state index contributed by atoms with van der Waals surface area (Å²) < 4.78 is 0.893. The van der Waals surface area contributed by atoms with Gasteiger partial charge in [-0.3, -0.25) is 0 Å². The molecule has 4 nitrogen and oxygen atoms in total. The molecule has 0 aromatic carbocycles. The second-order valence-electron chi connectivity index (χ2n) is 2.92. The Morgan fingerprint density at radius 3 is 2.80 bits per heavy atom. The molecule has 0 unspecified atom stereocenters. The number of hydrogen-bond acceptors (Lipinski definition) is 5. The third kappa shape index (κ3) is 2.00. The SMILES string of the molecule is CNc1nc(-c2cscn2)nc(C)c1Br. The molecule has 0 aliphatic rings. The van der Waals surface area contributed by atoms with E-state index in [1.807, 2.05) is 19.4 Å². The fourth-order valence-corrected chi connectivity index (χ4v) is 2.07. The van der Waals surface area contributed by atoms with Gasteiger partial charge in [0.05, 0.1) is 15.7 Å². The number of aromatic nitrogens is 3. The van der Waals surface area contributed by atoms with Crippen LogP contribution in [0.25, 0.3) is 11.5 Å². The zero-order valence-corrected chi connectivity index (χ0v) is 10.7. The molecule has 78 valence electrons. The van der Waals surface area contributed by atoms with Crippen LogP contribution < -0.4 is 5.32 Å². The summed E-state index contributed by atoms with van der Waals surface area (Å²) in [5, 5.41) is 4.95. The van der Waals surface area contributed by atoms with Crippen LogP contribution in [-0.2, 0) is 0 Å². The second-order valence-corrected chi connectivity index (χ2v) is 4.43. The summed E-state index contributed by atoms with van der Waals surface area (Å²) in [6.45, 7) is 1.93. The molecule has 0 aliphatic carbocycles. The first-order chi connectivity index (χ1) is 7.22. The molecule has 6 heteroatoms. The van der Waals surface area contributed by atoms with Crippen molar-refractivity contribution in [3.05, 3.63) is 21.1 Å². The number of nitrogens with one attached hydrogen (secondary N) is 1. The van der Waals surface area contributed by atoms with Crippen LogP contribution in [0.5, 0.6) is 0 Å². The van der Waals surface area contributed by atoms with E-state index in [1.165, 1.54) is 11.3 Å². The lowest BCUT2D eigenvalue weighted by Crippen LogP contribution is -2.00. The zero-order valence-electron chi connectivity index (χ0n) is 8.28. The molecule has 0 fully saturated rings. The molecule has 0 saturated heterocycles. The standard InChI is InChI=1S/C9H9BrN4S/c1-5-7(10)9(11-2)14-8(13-5)6-3-15-4-12-6/h3-4H,1-2H3,(H,11,13,14). The molecule has 0 amide bonds. The maximum atomic E-state index is 4.37. The number of anilines is 1. The topological polar surface area (TPSA) is 50.7 Å². The lowest BCUT2D eigenvalue weighted by atomic mass is 10.3. The Bertz CT molecular complexity index is 469. The Morgan fingerprint density at radius 2 is 2.20 bits per heavy atom. The predicted molar refractivity (Wildman–Crippen MR) is 65.1 cm³/mol. The number of thiazole rings is 1. The third-order valence-electron chi connectivity index (χ3n) is 1.92. The van der Waals surface area contributed by atoms with Crippen molar-refractivity contribution in [2.24, 2.45) is 0 Å². The number of rotatable bonds is 2. The highest BCUT2D eigenvalue weighted by atomic mass is 79.9. The van der Waals surface area contributed by atoms with E-state index in [2.05, 4.69) is 36.2 Å². The lowest BCUT2D eigenvalue weighted by molar-refractivity contribution is 1.08. The molecule has 1 N–H and O–H groups in total. The van der Waals surface area contributed by atoms with E-state index in [4.69, 9.17) is 0 Å². The van der Waals surface area contributed by atoms with Crippen LogP contribution in [0.3, 0.4) is 0 Å². The van der Waals surface area contributed by atoms with Crippen LogP contribution in [0.15, 0.2) is 15.4 Å². The van der Waals surface area contributed by atoms with Gasteiger partial charge in [-0.15, -0.1) is 11.3 Å². The van der Waals surface area contributed by atoms with Crippen molar-refractivity contribution in [1.82, 2.24) is 15.0 Å². The van der Waals surface area contributed by atoms with Crippen molar-refractivity contribution in [3.63, 3.8) is 0 Å². The van der Waals surface area contributed by atoms with Gasteiger partial charge in [0.2, 0.25) is 0 Å². The van der Waals surface area contributed by atoms with Crippen molar-refractivity contribution < 1.29 is 0 Å². The fraction of sp³-hybridized carbons (Fsp3) is 0.222. The smallest absolute Gasteiger partial charge is 0.181 e. The summed E-state index contributed by atoms with van der Waals surface area (Å²) in [7, 11) is 1.83. The van der Waals surface area contributed by atoms with Gasteiger partial charge in [-0.25, -0.2) is 15.0 Å². The van der Waals surface area contributed by atoms with Crippen molar-refractivity contribution in [1.29, 1.82) is 0 Å². The summed E-state index contributed by atoms with van der Waals surface area (Å²) in [4.78, 5) is 12.9. The molecule has 0 radical (unpaired) electrons. The summed E-state index contributed by atoms with van der Waals surface area (Å²) >= 11 is 4.97. The Labute approximate surface area is 99.9 Å². The van der Waals surface area contributed by atoms with E-state index in [1.54, 1.807) is 5.51 Å². The molecule has 0 aliphatic heterocycles. The van der Waals surface area contributed by atoms with E-state index in [-0.39, 0.29) is 0 Å². The highest BCUT2D eigenvalue weighted by Crippen LogP contribution is 2.25. The molecule has 2 aromatic heterocycles. The average molecular weight is 285 g/mol. The van der Waals surface area contributed by atoms with Gasteiger partial charge in [-0.2, -0.15) is 0 Å². The van der Waals surface area contributed by atoms with Crippen molar-refractivity contribution in [2.75, 3.05) is 12.4 Å². The number of nitrogens with zero attached hydrogens (tertiary/aromatic N) is 3. The normalized spacial score (nSPS) is 10.3. The molecule has 2 aromatic rings. The quantitative estimate of drug-likeness (QED) is 0.921. The molecular formula is C9H9BrN4S. The van der Waals surface area contributed by atoms with Crippen LogP contribution in [0, 0.1) is 6.92 Å². The summed E-state index contributed by atoms with van der Waals surface area (Å²) in [6.07, 6.45) is 0. The fourth-order valence-electron chi connectivity index (χ4n) is 1.16. The average Bonchev–Trinajstić information content (AvgIpc) is 2.75. The largest absolute Gasteiger partial charge is 0.372 e. The first-order valence-corrected chi connectivity index (χ1v) is 6.06. The second kappa shape index (κ2) is 4.24. The molecule has 0 saturated carbocycles. The minimum atomic E-state index is 0.654. The van der Waals surface area contributed by atoms with Crippen molar-refractivity contribution in [3.8, 4) is 11.5 Å². The van der Waals surface area contributed by atoms with Gasteiger partial charge in [-0.05, 0) is 22.9 Å². The molecule has 0 spiro atoms. The Morgan fingerprint density at radius 1 is 1.40 bits per heavy atom. The molecular weight excluding hydrogens is 276 g/mol. The Balaban J connectivity index is 2.55. The first kappa shape index (κ1) is 10.5. The van der Waals surface area contributed by atoms with Crippen LogP contribution in [-0.4, -0.2) is 22.0 Å². The van der Waals surface area contributed by atoms with Gasteiger partial charge in [0.25, 0.3) is 0 Å². The van der Waals surface area contributed by atoms with E-state index in [0.717, 1.165) is 21.7 Å². The summed E-state index contributed by atoms with van der Waals surface area (Å²) in [6, 6.07) is 0. The minimum Gasteiger partial charge on any atom is -0.372 e. The maximum absolute atomic E-state index is 4.37. The molecule has 0 bridgehead atoms. The van der Waals surface area contributed by atoms with Crippen molar-refractivity contribution >= 4 is 33.1 Å². The zero-order chi connectivity index (χ0) is 10.8. The van der Waals surface area contributed by atoms with Crippen LogP contribution in [0.4, 0.5) is 5.82 Å². The van der Waals surface area contributed by atoms with Gasteiger partial charge < -0.3 is 5.32 Å². The first-order valence-electron chi connectivity index (χ1n) is 4.33. The highest BCUT2D eigenvalue weighted by molar-refractivity contribution is 9.10. The van der Waals surface area contributed by atoms with Gasteiger partial charge in [0.1, 0.15) is 11.5 Å². The molecule has 0 atom stereocenters. The van der Waals surface area contributed by atoms with Gasteiger partial charge in [0, 0.05) is 12.4 Å². The van der Waals surface area contributed by atoms with Gasteiger partial charge >= 0.3 is 0 Å². The Hall–Kier alpha value is -1.01. The van der Waals surface area contributed by atoms with Crippen LogP contribution >= 0.6 is 27.3 Å². The van der Waals surface area contributed by atoms with Crippen LogP contribution in [0.2, 0.25) is 0 Å². The monoisotopic (exact) mass is 284 g/mol. The summed E-state index contributed by atoms with van der Waals surface area (Å²) in [5.74, 6) is 1.44. The highest BCUT2D eigenvalue weighted by Gasteiger charge is 2.10. The molecule has 2 rings (SSSR count). The summed E-state index contributed by atoms with van der Waals surface area (Å²) in [5.41, 5.74) is 3.49. The number of aryl methyl sites for hydroxylation is 1. The van der Waals surface area contributed by atoms with E-state index < -0.39 is 0 Å². The third-order valence-corrected chi connectivity index (χ3v) is 3.45. The van der Waals surface area contributed by atoms with Crippen LogP contribution in [0.1, 0.15) is 5.69 Å². The molecule has 2 heterocycles. The van der Waals surface area contributed by atoms with Gasteiger partial charge in [-0.1, -0.05) is 0 Å². The van der Waals surface area contributed by atoms with Crippen molar-refractivity contribution in [2.45, 2.75) is 6.92 Å². The lowest BCUT2D eigenvalue weighted by Gasteiger charge is -2.06. The van der Waals surface area contributed by atoms with E-state index in [0.29, 0.717) is 5.82 Å². The number of halogens is 1. The predicted octanol–water partition coefficient (Wildman–Crippen LogP) is 2.71. The Kier molecular flexibility index (Phi) is 2.97. The van der Waals surface area contributed by atoms with E-state index >= 15 is 0 Å². The van der Waals surface area contributed by atoms with Gasteiger partial charge in [0.15, 0.2) is 5.82 Å². The number of hydrogen-bond donors (Lipinski definition) is 1. The maximum Gasteiger partial charge on any atom is 0.181 e. The minimum absolute atomic E-state index is 0.654. The van der Waals surface area contributed by atoms with E-state index in [9.17, 15) is 0 Å².